The van der Waals surface area contributed by atoms with Crippen molar-refractivity contribution in [2.24, 2.45) is 15.4 Å². The van der Waals surface area contributed by atoms with Gasteiger partial charge in [0, 0.05) is 190 Å². The fraction of sp³-hybridized carbons (Fsp3) is 0.495. The van der Waals surface area contributed by atoms with Crippen LogP contribution >= 0.6 is 0 Å². The van der Waals surface area contributed by atoms with Crippen LogP contribution in [-0.2, 0) is 80.0 Å². The zero-order chi connectivity index (χ0) is 99.9. The van der Waals surface area contributed by atoms with Gasteiger partial charge in [-0.3, -0.25) is 71.9 Å². The van der Waals surface area contributed by atoms with Gasteiger partial charge in [0.25, 0.3) is 29.5 Å². The summed E-state index contributed by atoms with van der Waals surface area (Å²) in [5.41, 5.74) is 9.20. The molecule has 138 heavy (non-hydrogen) atoms. The molecule has 12 amide bonds. The van der Waals surface area contributed by atoms with Crippen LogP contribution in [0.2, 0.25) is 0 Å². The second kappa shape index (κ2) is 61.2. The van der Waals surface area contributed by atoms with Crippen LogP contribution in [-0.4, -0.2) is 341 Å². The molecule has 11 N–H and O–H groups in total. The van der Waals surface area contributed by atoms with Crippen molar-refractivity contribution < 1.29 is 87.2 Å². The molecule has 0 bridgehead atoms. The van der Waals surface area contributed by atoms with E-state index in [1.807, 2.05) is 96.4 Å². The highest BCUT2D eigenvalue weighted by molar-refractivity contribution is 6.03. The summed E-state index contributed by atoms with van der Waals surface area (Å²) >= 11 is 0. The first kappa shape index (κ1) is 110. The number of aromatic nitrogens is 8. The molecule has 43 nitrogen and oxygen atoms in total. The molecule has 2 aromatic heterocycles. The average molecular weight is 1910 g/mol. The van der Waals surface area contributed by atoms with Gasteiger partial charge in [0.15, 0.2) is 11.6 Å². The fourth-order valence-corrected chi connectivity index (χ4v) is 14.3. The summed E-state index contributed by atoms with van der Waals surface area (Å²) in [5.74, 6) is -5.59. The Labute approximate surface area is 802 Å². The number of rotatable bonds is 45. The molecule has 0 unspecified atom stereocenters. The number of tetrazole rings is 2. The smallest absolute Gasteiger partial charge is 0.312 e. The Morgan fingerprint density at radius 3 is 0.978 bits per heavy atom. The molecule has 7 aromatic rings. The van der Waals surface area contributed by atoms with E-state index >= 15 is 0 Å². The molecule has 744 valence electrons. The summed E-state index contributed by atoms with van der Waals surface area (Å²) in [6.07, 6.45) is 11.0. The molecule has 0 atom stereocenters. The number of aliphatic carboxylic acids is 3. The summed E-state index contributed by atoms with van der Waals surface area (Å²) in [6, 6.07) is 37.6. The Hall–Kier alpha value is -14.8. The predicted octanol–water partition coefficient (Wildman–Crippen LogP) is 5.86. The maximum Gasteiger partial charge on any atom is 0.312 e. The number of nitrogens with one attached hydrogen (secondary N) is 8. The maximum absolute atomic E-state index is 13.2. The molecule has 0 aliphatic carbocycles. The lowest BCUT2D eigenvalue weighted by atomic mass is 10.1. The van der Waals surface area contributed by atoms with Gasteiger partial charge < -0.3 is 86.4 Å². The van der Waals surface area contributed by atoms with E-state index in [1.54, 1.807) is 56.0 Å². The monoisotopic (exact) mass is 1910 g/mol. The lowest BCUT2D eigenvalue weighted by Crippen LogP contribution is -2.51. The van der Waals surface area contributed by atoms with Crippen LogP contribution < -0.4 is 31.9 Å². The summed E-state index contributed by atoms with van der Waals surface area (Å²) in [5, 5.41) is 80.4. The van der Waals surface area contributed by atoms with Crippen LogP contribution in [0.5, 0.6) is 0 Å². The third-order valence-corrected chi connectivity index (χ3v) is 22.1. The quantitative estimate of drug-likeness (QED) is 0.0199. The number of benzene rings is 5. The Morgan fingerprint density at radius 1 is 0.348 bits per heavy atom. The number of nitrogens with zero attached hydrogens (tertiary/aromatic N) is 17. The number of piperazine rings is 3. The highest BCUT2D eigenvalue weighted by atomic mass is 16.4. The highest BCUT2D eigenvalue weighted by Crippen LogP contribution is 2.20. The zero-order valence-corrected chi connectivity index (χ0v) is 79.6. The van der Waals surface area contributed by atoms with E-state index < -0.39 is 54.9 Å². The number of carbonyl (C=O) groups is 15. The SMILES string of the molecule is CCCCc1ccc(C(=O)N2CCN(C(=O)CC(=O)O)CC2)cc1.CCCCc1ccc(C(=O)N2CCN(C(=O)CC)CC2)cc1.CCCCc1ccc(C(=O)N2CCN(C(=O)Cc3nn[nH]n3)CC2)cc1.CCCNc1ccc(C(=O)N(CCNC(=O)CC(=O)O)CCNC(=O)CC(=O)O)cc1.CCCNc1ccc(C(=O)N(CCNC(=O)CC2=NN=NC2)CCNC(=O)Cc2nn[nH]n2)cc1. The summed E-state index contributed by atoms with van der Waals surface area (Å²) in [4.78, 5) is 192. The number of unbranched alkanes of at least 4 members (excludes halogenated alkanes) is 3. The molecule has 6 heterocycles. The minimum Gasteiger partial charge on any atom is -0.481 e. The van der Waals surface area contributed by atoms with Crippen LogP contribution in [0.3, 0.4) is 0 Å². The number of carboxylic acid groups (broad SMARTS) is 3. The second-order valence-electron chi connectivity index (χ2n) is 32.7. The predicted molar refractivity (Wildman–Crippen MR) is 511 cm³/mol. The number of hydrogen-bond acceptors (Lipinski definition) is 26. The van der Waals surface area contributed by atoms with Crippen molar-refractivity contribution in [1.29, 1.82) is 0 Å². The summed E-state index contributed by atoms with van der Waals surface area (Å²) in [7, 11) is 0. The molecule has 3 saturated heterocycles. The first-order valence-corrected chi connectivity index (χ1v) is 46.9. The number of anilines is 2. The van der Waals surface area contributed by atoms with Crippen molar-refractivity contribution >= 4 is 106 Å². The Balaban J connectivity index is 0.000000237. The summed E-state index contributed by atoms with van der Waals surface area (Å²) < 4.78 is 0. The molecule has 3 fully saturated rings. The molecule has 5 aromatic carbocycles. The number of aryl methyl sites for hydroxylation is 3. The molecule has 0 spiro atoms. The van der Waals surface area contributed by atoms with E-state index in [0.717, 1.165) is 87.8 Å². The normalized spacial score (nSPS) is 13.0. The number of carboxylic acids is 3. The zero-order valence-electron chi connectivity index (χ0n) is 79.6. The minimum absolute atomic E-state index is 0.0187. The van der Waals surface area contributed by atoms with Gasteiger partial charge in [0.2, 0.25) is 41.4 Å². The Morgan fingerprint density at radius 2 is 0.667 bits per heavy atom. The van der Waals surface area contributed by atoms with Gasteiger partial charge in [-0.2, -0.15) is 15.5 Å². The van der Waals surface area contributed by atoms with Crippen molar-refractivity contribution in [3.8, 4) is 0 Å². The highest BCUT2D eigenvalue weighted by Gasteiger charge is 2.30. The summed E-state index contributed by atoms with van der Waals surface area (Å²) in [6.45, 7) is 22.0. The van der Waals surface area contributed by atoms with E-state index in [0.29, 0.717) is 125 Å². The molecular weight excluding hydrogens is 1780 g/mol. The molecule has 4 aliphatic heterocycles. The standard InChI is InChI=1S/C21H29N11O3.C20H28N4O7.C18H24N6O2.C18H24N2O4.C18H26N2O2/c1-2-7-22-16-5-3-15(4-6-16)21(35)32(10-8-23-19(33)12-17-14-25-29-26-17)11-9-24-20(34)13-18-27-30-31-28-18;1-2-7-21-15-5-3-14(4-6-15)20(31)24(10-8-22-16(25)12-18(27)28)11-9-23-17(26)13-19(29)30;1-2-3-4-14-5-7-15(8-6-14)18(26)24-11-9-23(10-12-24)17(25)13-16-19-21-22-20-16;1-2-3-4-14-5-7-15(8-6-14)18(24)20-11-9-19(10-12-20)16(21)13-17(22)23;1-3-5-6-15-7-9-16(10-8-15)18(22)20-13-11-19(12-14-20)17(21)4-2/h3-6,22H,2,7-14H2,1H3,(H,23,33)(H,24,34)(H,27,28,30,31);3-6,21H,2,7-13H2,1H3,(H,22,25)(H,23,26)(H,27,28)(H,29,30);5-8H,2-4,9-13H2,1H3,(H,19,20,21,22);5-8H,2-4,9-13H2,1H3,(H,22,23);7-10H,3-6,11-14H2,1-2H3. The van der Waals surface area contributed by atoms with Crippen molar-refractivity contribution in [2.45, 2.75) is 157 Å². The molecule has 0 radical (unpaired) electrons. The largest absolute Gasteiger partial charge is 0.481 e. The van der Waals surface area contributed by atoms with E-state index in [4.69, 9.17) is 15.3 Å². The minimum atomic E-state index is -1.26. The first-order chi connectivity index (χ1) is 66.6. The van der Waals surface area contributed by atoms with Crippen LogP contribution in [0.25, 0.3) is 0 Å². The van der Waals surface area contributed by atoms with Crippen LogP contribution in [0.4, 0.5) is 11.4 Å². The lowest BCUT2D eigenvalue weighted by molar-refractivity contribution is -0.145. The van der Waals surface area contributed by atoms with Crippen molar-refractivity contribution in [2.75, 3.05) is 161 Å². The molecule has 4 aliphatic rings. The van der Waals surface area contributed by atoms with Gasteiger partial charge in [-0.05, 0) is 158 Å². The number of amides is 12. The van der Waals surface area contributed by atoms with Crippen molar-refractivity contribution in [3.05, 3.63) is 177 Å². The van der Waals surface area contributed by atoms with E-state index in [-0.39, 0.29) is 131 Å². The van der Waals surface area contributed by atoms with Gasteiger partial charge in [0.05, 0.1) is 25.0 Å². The topological polar surface area (TPSA) is 561 Å². The lowest BCUT2D eigenvalue weighted by Gasteiger charge is -2.34. The molecular formula is C95H131N25O18. The Kier molecular flexibility index (Phi) is 48.9. The van der Waals surface area contributed by atoms with Crippen LogP contribution in [0, 0.1) is 0 Å². The average Bonchev–Trinajstić information content (AvgIpc) is 1.11. The van der Waals surface area contributed by atoms with Gasteiger partial charge >= 0.3 is 17.9 Å². The molecule has 0 saturated carbocycles. The van der Waals surface area contributed by atoms with Crippen LogP contribution in [0.15, 0.2) is 137 Å². The van der Waals surface area contributed by atoms with Crippen molar-refractivity contribution in [1.82, 2.24) is 102 Å². The van der Waals surface area contributed by atoms with E-state index in [1.165, 1.54) is 39.3 Å². The van der Waals surface area contributed by atoms with E-state index in [2.05, 4.69) is 128 Å². The fourth-order valence-electron chi connectivity index (χ4n) is 14.3. The van der Waals surface area contributed by atoms with Gasteiger partial charge in [0.1, 0.15) is 25.8 Å². The third kappa shape index (κ3) is 40.4. The maximum atomic E-state index is 13.2. The second-order valence-corrected chi connectivity index (χ2v) is 32.7. The van der Waals surface area contributed by atoms with Gasteiger partial charge in [-0.1, -0.05) is 108 Å². The van der Waals surface area contributed by atoms with Crippen molar-refractivity contribution in [3.63, 3.8) is 0 Å². The Bertz CT molecular complexity index is 5050. The first-order valence-electron chi connectivity index (χ1n) is 46.9. The van der Waals surface area contributed by atoms with Crippen LogP contribution in [0.1, 0.15) is 205 Å². The molecule has 11 rings (SSSR count). The van der Waals surface area contributed by atoms with E-state index in [9.17, 15) is 71.9 Å². The van der Waals surface area contributed by atoms with Gasteiger partial charge in [-0.25, -0.2) is 0 Å². The number of hydrogen-bond donors (Lipinski definition) is 11. The third-order valence-electron chi connectivity index (χ3n) is 22.1. The number of H-pyrrole nitrogens is 2. The number of carbonyl (C=O) groups excluding carboxylic acids is 12. The molecule has 43 heteroatoms. The van der Waals surface area contributed by atoms with Gasteiger partial charge in [-0.15, -0.1) is 25.5 Å². The number of aromatic amines is 2.